The number of aliphatic hydroxyl groups excluding tert-OH is 4. The molecule has 1 aliphatic rings. The predicted octanol–water partition coefficient (Wildman–Crippen LogP) is 0.358. The number of nitrogens with zero attached hydrogens (tertiary/aromatic N) is 1. The van der Waals surface area contributed by atoms with E-state index in [1.54, 1.807) is 30.5 Å². The van der Waals surface area contributed by atoms with Crippen molar-refractivity contribution in [3.63, 3.8) is 0 Å². The van der Waals surface area contributed by atoms with Crippen molar-refractivity contribution in [1.29, 1.82) is 0 Å². The Bertz CT molecular complexity index is 1070. The first-order chi connectivity index (χ1) is 14.9. The van der Waals surface area contributed by atoms with Crippen LogP contribution < -0.4 is 5.32 Å². The molecule has 164 valence electrons. The van der Waals surface area contributed by atoms with Crippen LogP contribution in [0.4, 0.5) is 4.39 Å². The predicted molar refractivity (Wildman–Crippen MR) is 109 cm³/mol. The van der Waals surface area contributed by atoms with Gasteiger partial charge in [-0.2, -0.15) is 0 Å². The second-order valence-electron chi connectivity index (χ2n) is 7.54. The van der Waals surface area contributed by atoms with Gasteiger partial charge in [-0.05, 0) is 23.8 Å². The second kappa shape index (κ2) is 8.74. The van der Waals surface area contributed by atoms with Crippen molar-refractivity contribution in [2.75, 3.05) is 6.61 Å². The van der Waals surface area contributed by atoms with E-state index in [9.17, 15) is 29.6 Å². The van der Waals surface area contributed by atoms with Gasteiger partial charge in [0.25, 0.3) is 5.91 Å². The SMILES string of the molecule is O=C(N[C@H]1C(O)O[C@H](CO)[C@@H](O)[C@@H]1O)c1cn(Cc2ccc(F)cc2)c2ccccc12. The molecule has 1 saturated heterocycles. The van der Waals surface area contributed by atoms with Gasteiger partial charge in [0.05, 0.1) is 12.2 Å². The lowest BCUT2D eigenvalue weighted by Crippen LogP contribution is -2.64. The number of benzene rings is 2. The number of hydrogen-bond acceptors (Lipinski definition) is 6. The molecule has 8 nitrogen and oxygen atoms in total. The summed E-state index contributed by atoms with van der Waals surface area (Å²) < 4.78 is 20.1. The van der Waals surface area contributed by atoms with Crippen molar-refractivity contribution in [1.82, 2.24) is 9.88 Å². The topological polar surface area (TPSA) is 124 Å². The molecule has 0 radical (unpaired) electrons. The van der Waals surface area contributed by atoms with Crippen LogP contribution >= 0.6 is 0 Å². The monoisotopic (exact) mass is 430 g/mol. The number of ether oxygens (including phenoxy) is 1. The molecule has 2 heterocycles. The molecule has 1 aliphatic heterocycles. The molecule has 0 aliphatic carbocycles. The zero-order chi connectivity index (χ0) is 22.1. The Morgan fingerprint density at radius 3 is 2.48 bits per heavy atom. The Hall–Kier alpha value is -2.82. The van der Waals surface area contributed by atoms with E-state index in [1.165, 1.54) is 12.1 Å². The van der Waals surface area contributed by atoms with Gasteiger partial charge in [-0.1, -0.05) is 30.3 Å². The summed E-state index contributed by atoms with van der Waals surface area (Å²) in [6.45, 7) is -0.185. The number of carbonyl (C=O) groups is 1. The lowest BCUT2D eigenvalue weighted by Gasteiger charge is -2.40. The Morgan fingerprint density at radius 2 is 1.77 bits per heavy atom. The van der Waals surface area contributed by atoms with Crippen LogP contribution in [-0.4, -0.2) is 68.2 Å². The van der Waals surface area contributed by atoms with Crippen LogP contribution in [0.2, 0.25) is 0 Å². The molecule has 0 spiro atoms. The minimum atomic E-state index is -1.60. The first-order valence-corrected chi connectivity index (χ1v) is 9.82. The molecule has 3 aromatic rings. The van der Waals surface area contributed by atoms with E-state index < -0.39 is 43.2 Å². The van der Waals surface area contributed by atoms with E-state index in [1.807, 2.05) is 16.7 Å². The highest BCUT2D eigenvalue weighted by Gasteiger charge is 2.44. The van der Waals surface area contributed by atoms with Crippen LogP contribution in [0.15, 0.2) is 54.7 Å². The van der Waals surface area contributed by atoms with Crippen LogP contribution in [0.25, 0.3) is 10.9 Å². The number of rotatable bonds is 5. The summed E-state index contributed by atoms with van der Waals surface area (Å²) in [7, 11) is 0. The third kappa shape index (κ3) is 4.18. The van der Waals surface area contributed by atoms with Gasteiger partial charge in [0, 0.05) is 23.6 Å². The Balaban J connectivity index is 1.60. The first-order valence-electron chi connectivity index (χ1n) is 9.82. The number of amides is 1. The molecule has 4 rings (SSSR count). The normalized spacial score (nSPS) is 26.2. The fourth-order valence-corrected chi connectivity index (χ4v) is 3.83. The third-order valence-electron chi connectivity index (χ3n) is 5.50. The fraction of sp³-hybridized carbons (Fsp3) is 0.318. The number of aromatic nitrogens is 1. The van der Waals surface area contributed by atoms with E-state index >= 15 is 0 Å². The molecule has 0 saturated carbocycles. The molecule has 5 N–H and O–H groups in total. The number of nitrogens with one attached hydrogen (secondary N) is 1. The quantitative estimate of drug-likeness (QED) is 0.398. The van der Waals surface area contributed by atoms with Crippen LogP contribution in [0.5, 0.6) is 0 Å². The van der Waals surface area contributed by atoms with Crippen molar-refractivity contribution in [2.45, 2.75) is 37.2 Å². The summed E-state index contributed by atoms with van der Waals surface area (Å²) in [6.07, 6.45) is -4.13. The van der Waals surface area contributed by atoms with Gasteiger partial charge in [0.2, 0.25) is 0 Å². The van der Waals surface area contributed by atoms with E-state index in [2.05, 4.69) is 5.32 Å². The number of halogens is 1. The molecule has 1 aromatic heterocycles. The molecular formula is C22H23FN2O6. The van der Waals surface area contributed by atoms with Gasteiger partial charge in [0.1, 0.15) is 30.2 Å². The molecule has 1 fully saturated rings. The van der Waals surface area contributed by atoms with Crippen molar-refractivity contribution in [2.24, 2.45) is 0 Å². The van der Waals surface area contributed by atoms with Crippen molar-refractivity contribution in [3.8, 4) is 0 Å². The highest BCUT2D eigenvalue weighted by atomic mass is 19.1. The number of hydrogen-bond donors (Lipinski definition) is 5. The molecule has 5 atom stereocenters. The summed E-state index contributed by atoms with van der Waals surface area (Å²) in [6, 6.07) is 12.0. The molecule has 1 unspecified atom stereocenters. The highest BCUT2D eigenvalue weighted by molar-refractivity contribution is 6.07. The van der Waals surface area contributed by atoms with Crippen molar-refractivity contribution in [3.05, 3.63) is 71.7 Å². The van der Waals surface area contributed by atoms with Gasteiger partial charge >= 0.3 is 0 Å². The third-order valence-corrected chi connectivity index (χ3v) is 5.50. The summed E-state index contributed by atoms with van der Waals surface area (Å²) in [5.74, 6) is -0.908. The number of carbonyl (C=O) groups excluding carboxylic acids is 1. The molecular weight excluding hydrogens is 407 g/mol. The molecule has 9 heteroatoms. The van der Waals surface area contributed by atoms with Crippen LogP contribution in [0, 0.1) is 5.82 Å². The van der Waals surface area contributed by atoms with Crippen LogP contribution in [-0.2, 0) is 11.3 Å². The van der Waals surface area contributed by atoms with Gasteiger partial charge in [0.15, 0.2) is 6.29 Å². The summed E-state index contributed by atoms with van der Waals surface area (Å²) >= 11 is 0. The van der Waals surface area contributed by atoms with E-state index in [4.69, 9.17) is 4.74 Å². The summed E-state index contributed by atoms with van der Waals surface area (Å²) in [4.78, 5) is 13.0. The first kappa shape index (κ1) is 21.4. The minimum absolute atomic E-state index is 0.302. The summed E-state index contributed by atoms with van der Waals surface area (Å²) in [5, 5.41) is 42.8. The fourth-order valence-electron chi connectivity index (χ4n) is 3.83. The molecule has 2 aromatic carbocycles. The van der Waals surface area contributed by atoms with E-state index in [0.29, 0.717) is 17.5 Å². The standard InChI is InChI=1S/C22H23FN2O6/c23-13-7-5-12(6-8-13)9-25-10-15(14-3-1-2-4-16(14)25)21(29)24-18-20(28)19(27)17(11-26)31-22(18)30/h1-8,10,17-20,22,26-28,30H,9,11H2,(H,24,29)/t17-,18-,19-,20-,22?/m1/s1. The van der Waals surface area contributed by atoms with Gasteiger partial charge in [-0.3, -0.25) is 4.79 Å². The zero-order valence-corrected chi connectivity index (χ0v) is 16.4. The average molecular weight is 430 g/mol. The van der Waals surface area contributed by atoms with Gasteiger partial charge in [-0.15, -0.1) is 0 Å². The number of fused-ring (bicyclic) bond motifs is 1. The van der Waals surface area contributed by atoms with E-state index in [-0.39, 0.29) is 5.82 Å². The van der Waals surface area contributed by atoms with Crippen LogP contribution in [0.3, 0.4) is 0 Å². The summed E-state index contributed by atoms with van der Waals surface area (Å²) in [5.41, 5.74) is 1.92. The van der Waals surface area contributed by atoms with E-state index in [0.717, 1.165) is 11.1 Å². The highest BCUT2D eigenvalue weighted by Crippen LogP contribution is 2.24. The maximum Gasteiger partial charge on any atom is 0.253 e. The maximum absolute atomic E-state index is 13.2. The number of para-hydroxylation sites is 1. The largest absolute Gasteiger partial charge is 0.394 e. The Morgan fingerprint density at radius 1 is 1.06 bits per heavy atom. The lowest BCUT2D eigenvalue weighted by atomic mass is 9.96. The smallest absolute Gasteiger partial charge is 0.253 e. The van der Waals surface area contributed by atoms with Crippen molar-refractivity contribution < 1.29 is 34.3 Å². The Kier molecular flexibility index (Phi) is 6.03. The van der Waals surface area contributed by atoms with Crippen LogP contribution in [0.1, 0.15) is 15.9 Å². The minimum Gasteiger partial charge on any atom is -0.394 e. The molecule has 1 amide bonds. The average Bonchev–Trinajstić information content (AvgIpc) is 3.14. The lowest BCUT2D eigenvalue weighted by molar-refractivity contribution is -0.252. The van der Waals surface area contributed by atoms with Crippen molar-refractivity contribution >= 4 is 16.8 Å². The molecule has 31 heavy (non-hydrogen) atoms. The maximum atomic E-state index is 13.2. The zero-order valence-electron chi connectivity index (χ0n) is 16.4. The van der Waals surface area contributed by atoms with Gasteiger partial charge < -0.3 is 35.0 Å². The van der Waals surface area contributed by atoms with Gasteiger partial charge in [-0.25, -0.2) is 4.39 Å². The molecule has 0 bridgehead atoms. The second-order valence-corrected chi connectivity index (χ2v) is 7.54. The Labute approximate surface area is 177 Å². The number of aliphatic hydroxyl groups is 4.